The first-order valence-electron chi connectivity index (χ1n) is 5.48. The van der Waals surface area contributed by atoms with Crippen LogP contribution in [0.25, 0.3) is 11.0 Å². The number of rotatable bonds is 1. The van der Waals surface area contributed by atoms with E-state index in [4.69, 9.17) is 10.2 Å². The maximum Gasteiger partial charge on any atom is 0.142 e. The topological polar surface area (TPSA) is 52.0 Å². The second kappa shape index (κ2) is 3.26. The number of hydrogen-bond donors (Lipinski definition) is 1. The Morgan fingerprint density at radius 3 is 2.93 bits per heavy atom. The molecule has 0 aliphatic heterocycles. The molecule has 0 saturated heterocycles. The lowest BCUT2D eigenvalue weighted by Gasteiger charge is -2.11. The van der Waals surface area contributed by atoms with Crippen molar-refractivity contribution in [1.29, 1.82) is 0 Å². The fourth-order valence-electron chi connectivity index (χ4n) is 2.57. The average molecular weight is 202 g/mol. The third-order valence-electron chi connectivity index (χ3n) is 3.32. The molecule has 2 heterocycles. The van der Waals surface area contributed by atoms with Crippen molar-refractivity contribution in [3.05, 3.63) is 24.1 Å². The predicted molar refractivity (Wildman–Crippen MR) is 59.6 cm³/mol. The Morgan fingerprint density at radius 2 is 2.13 bits per heavy atom. The zero-order valence-corrected chi connectivity index (χ0v) is 8.57. The van der Waals surface area contributed by atoms with Crippen molar-refractivity contribution in [3.8, 4) is 0 Å². The first kappa shape index (κ1) is 8.77. The Hall–Kier alpha value is -1.51. The third-order valence-corrected chi connectivity index (χ3v) is 3.32. The monoisotopic (exact) mass is 202 g/mol. The van der Waals surface area contributed by atoms with Crippen molar-refractivity contribution in [2.45, 2.75) is 31.6 Å². The van der Waals surface area contributed by atoms with Gasteiger partial charge in [0.1, 0.15) is 11.4 Å². The SMILES string of the molecule is Nc1ncc2ccoc2c1C1CCCC1. The summed E-state index contributed by atoms with van der Waals surface area (Å²) in [6, 6.07) is 1.94. The van der Waals surface area contributed by atoms with Gasteiger partial charge in [0.25, 0.3) is 0 Å². The van der Waals surface area contributed by atoms with Crippen LogP contribution in [0.3, 0.4) is 0 Å². The molecule has 0 atom stereocenters. The molecule has 15 heavy (non-hydrogen) atoms. The van der Waals surface area contributed by atoms with Crippen LogP contribution in [0.5, 0.6) is 0 Å². The predicted octanol–water partition coefficient (Wildman–Crippen LogP) is 3.07. The van der Waals surface area contributed by atoms with Gasteiger partial charge in [-0.05, 0) is 24.8 Å². The number of nitrogen functional groups attached to an aromatic ring is 1. The van der Waals surface area contributed by atoms with E-state index in [-0.39, 0.29) is 0 Å². The highest BCUT2D eigenvalue weighted by molar-refractivity contribution is 5.83. The maximum absolute atomic E-state index is 5.95. The lowest BCUT2D eigenvalue weighted by Crippen LogP contribution is -2.01. The molecule has 0 unspecified atom stereocenters. The van der Waals surface area contributed by atoms with Gasteiger partial charge in [0.05, 0.1) is 6.26 Å². The van der Waals surface area contributed by atoms with E-state index >= 15 is 0 Å². The number of pyridine rings is 1. The smallest absolute Gasteiger partial charge is 0.142 e. The highest BCUT2D eigenvalue weighted by atomic mass is 16.3. The highest BCUT2D eigenvalue weighted by Gasteiger charge is 2.23. The van der Waals surface area contributed by atoms with Crippen molar-refractivity contribution in [2.75, 3.05) is 5.73 Å². The van der Waals surface area contributed by atoms with Gasteiger partial charge in [-0.3, -0.25) is 0 Å². The Kier molecular flexibility index (Phi) is 1.91. The minimum atomic E-state index is 0.548. The Labute approximate surface area is 88.3 Å². The van der Waals surface area contributed by atoms with Crippen LogP contribution in [0.2, 0.25) is 0 Å². The zero-order chi connectivity index (χ0) is 10.3. The largest absolute Gasteiger partial charge is 0.464 e. The van der Waals surface area contributed by atoms with Gasteiger partial charge in [-0.1, -0.05) is 12.8 Å². The van der Waals surface area contributed by atoms with E-state index in [2.05, 4.69) is 4.98 Å². The van der Waals surface area contributed by atoms with Crippen molar-refractivity contribution >= 4 is 16.8 Å². The quantitative estimate of drug-likeness (QED) is 0.773. The Bertz CT molecular complexity index is 483. The number of aromatic nitrogens is 1. The Morgan fingerprint density at radius 1 is 1.33 bits per heavy atom. The van der Waals surface area contributed by atoms with Gasteiger partial charge < -0.3 is 10.2 Å². The molecule has 2 aromatic rings. The van der Waals surface area contributed by atoms with Crippen LogP contribution in [0.4, 0.5) is 5.82 Å². The molecule has 2 N–H and O–H groups in total. The van der Waals surface area contributed by atoms with Crippen molar-refractivity contribution in [3.63, 3.8) is 0 Å². The van der Waals surface area contributed by atoms with Gasteiger partial charge in [0.2, 0.25) is 0 Å². The van der Waals surface area contributed by atoms with Gasteiger partial charge >= 0.3 is 0 Å². The molecule has 0 spiro atoms. The summed E-state index contributed by atoms with van der Waals surface area (Å²) >= 11 is 0. The summed E-state index contributed by atoms with van der Waals surface area (Å²) in [5.74, 6) is 1.19. The first-order chi connectivity index (χ1) is 7.36. The first-order valence-corrected chi connectivity index (χ1v) is 5.48. The van der Waals surface area contributed by atoms with Gasteiger partial charge in [0.15, 0.2) is 0 Å². The van der Waals surface area contributed by atoms with Gasteiger partial charge in [-0.2, -0.15) is 0 Å². The standard InChI is InChI=1S/C12H14N2O/c13-12-10(8-3-1-2-4-8)11-9(7-14-12)5-6-15-11/h5-8H,1-4H2,(H2,13,14). The molecule has 1 aliphatic carbocycles. The van der Waals surface area contributed by atoms with Crippen LogP contribution in [-0.4, -0.2) is 4.98 Å². The molecular weight excluding hydrogens is 188 g/mol. The van der Waals surface area contributed by atoms with Gasteiger partial charge in [-0.15, -0.1) is 0 Å². The van der Waals surface area contributed by atoms with E-state index in [1.54, 1.807) is 12.5 Å². The van der Waals surface area contributed by atoms with E-state index in [1.165, 1.54) is 25.7 Å². The molecule has 0 aromatic carbocycles. The molecule has 0 bridgehead atoms. The molecule has 2 aromatic heterocycles. The molecule has 1 saturated carbocycles. The summed E-state index contributed by atoms with van der Waals surface area (Å²) < 4.78 is 5.52. The van der Waals surface area contributed by atoms with E-state index in [0.29, 0.717) is 11.7 Å². The van der Waals surface area contributed by atoms with Crippen LogP contribution in [0, 0.1) is 0 Å². The summed E-state index contributed by atoms with van der Waals surface area (Å²) in [5.41, 5.74) is 8.03. The number of anilines is 1. The second-order valence-corrected chi connectivity index (χ2v) is 4.24. The normalized spacial score (nSPS) is 17.6. The lowest BCUT2D eigenvalue weighted by atomic mass is 9.97. The van der Waals surface area contributed by atoms with Crippen LogP contribution in [-0.2, 0) is 0 Å². The van der Waals surface area contributed by atoms with Crippen LogP contribution in [0.1, 0.15) is 37.2 Å². The molecule has 1 aliphatic rings. The molecular formula is C12H14N2O. The average Bonchev–Trinajstić information content (AvgIpc) is 2.85. The second-order valence-electron chi connectivity index (χ2n) is 4.24. The van der Waals surface area contributed by atoms with E-state index in [0.717, 1.165) is 16.5 Å². The summed E-state index contributed by atoms with van der Waals surface area (Å²) in [6.45, 7) is 0. The molecule has 1 fully saturated rings. The lowest BCUT2D eigenvalue weighted by molar-refractivity contribution is 0.600. The van der Waals surface area contributed by atoms with E-state index in [1.807, 2.05) is 6.07 Å². The molecule has 0 radical (unpaired) electrons. The summed E-state index contributed by atoms with van der Waals surface area (Å²) in [6.07, 6.45) is 8.51. The number of furan rings is 1. The van der Waals surface area contributed by atoms with Crippen molar-refractivity contribution < 1.29 is 4.42 Å². The third kappa shape index (κ3) is 1.30. The zero-order valence-electron chi connectivity index (χ0n) is 8.57. The number of fused-ring (bicyclic) bond motifs is 1. The van der Waals surface area contributed by atoms with Crippen LogP contribution in [0.15, 0.2) is 22.9 Å². The maximum atomic E-state index is 5.95. The summed E-state index contributed by atoms with van der Waals surface area (Å²) in [5, 5.41) is 1.06. The van der Waals surface area contributed by atoms with Crippen molar-refractivity contribution in [1.82, 2.24) is 4.98 Å². The minimum Gasteiger partial charge on any atom is -0.464 e. The number of nitrogens with zero attached hydrogens (tertiary/aromatic N) is 1. The Balaban J connectivity index is 2.21. The number of hydrogen-bond acceptors (Lipinski definition) is 3. The number of nitrogens with two attached hydrogens (primary N) is 1. The van der Waals surface area contributed by atoms with Crippen LogP contribution >= 0.6 is 0 Å². The highest BCUT2D eigenvalue weighted by Crippen LogP contribution is 2.39. The molecule has 3 nitrogen and oxygen atoms in total. The van der Waals surface area contributed by atoms with Crippen molar-refractivity contribution in [2.24, 2.45) is 0 Å². The van der Waals surface area contributed by atoms with Gasteiger partial charge in [0, 0.05) is 17.1 Å². The molecule has 3 rings (SSSR count). The molecule has 3 heteroatoms. The summed E-state index contributed by atoms with van der Waals surface area (Å²) in [4.78, 5) is 4.24. The van der Waals surface area contributed by atoms with E-state index < -0.39 is 0 Å². The molecule has 0 amide bonds. The van der Waals surface area contributed by atoms with Crippen LogP contribution < -0.4 is 5.73 Å². The fourth-order valence-corrected chi connectivity index (χ4v) is 2.57. The minimum absolute atomic E-state index is 0.548. The summed E-state index contributed by atoms with van der Waals surface area (Å²) in [7, 11) is 0. The fraction of sp³-hybridized carbons (Fsp3) is 0.417. The molecule has 78 valence electrons. The van der Waals surface area contributed by atoms with Gasteiger partial charge in [-0.25, -0.2) is 4.98 Å². The van der Waals surface area contributed by atoms with E-state index in [9.17, 15) is 0 Å².